The first-order valence-electron chi connectivity index (χ1n) is 3.77. The molecule has 68 valence electrons. The van der Waals surface area contributed by atoms with Crippen LogP contribution in [0.15, 0.2) is 24.8 Å². The number of rotatable bonds is 3. The Morgan fingerprint density at radius 3 is 2.85 bits per heavy atom. The van der Waals surface area contributed by atoms with Crippen LogP contribution in [-0.4, -0.2) is 13.4 Å². The largest absolute Gasteiger partial charge is 0.497 e. The van der Waals surface area contributed by atoms with E-state index in [-0.39, 0.29) is 0 Å². The lowest BCUT2D eigenvalue weighted by atomic mass is 10.1. The normalized spacial score (nSPS) is 9.31. The quantitative estimate of drug-likeness (QED) is 0.432. The monoisotopic (exact) mass is 177 g/mol. The molecule has 0 unspecified atom stereocenters. The number of hydrogen-bond donors (Lipinski definition) is 1. The predicted octanol–water partition coefficient (Wildman–Crippen LogP) is 1.49. The second-order valence-electron chi connectivity index (χ2n) is 2.60. The Kier molecular flexibility index (Phi) is 2.69. The summed E-state index contributed by atoms with van der Waals surface area (Å²) in [6.45, 7) is 3.58. The van der Waals surface area contributed by atoms with E-state index in [9.17, 15) is 4.79 Å². The summed E-state index contributed by atoms with van der Waals surface area (Å²) in [4.78, 5) is 10.5. The number of nitrogens with two attached hydrogens (primary N) is 1. The molecule has 1 aromatic carbocycles. The summed E-state index contributed by atoms with van der Waals surface area (Å²) in [7, 11) is 1.55. The van der Waals surface area contributed by atoms with Crippen LogP contribution in [0.1, 0.15) is 5.56 Å². The van der Waals surface area contributed by atoms with Crippen LogP contribution in [0.25, 0.3) is 5.57 Å². The van der Waals surface area contributed by atoms with Crippen LogP contribution < -0.4 is 10.5 Å². The zero-order chi connectivity index (χ0) is 9.84. The first-order valence-corrected chi connectivity index (χ1v) is 3.77. The van der Waals surface area contributed by atoms with Crippen LogP contribution in [0.5, 0.6) is 5.75 Å². The highest BCUT2D eigenvalue weighted by Gasteiger charge is 2.03. The van der Waals surface area contributed by atoms with Crippen LogP contribution >= 0.6 is 0 Å². The molecule has 3 heteroatoms. The lowest BCUT2D eigenvalue weighted by Crippen LogP contribution is -1.95. The molecule has 0 saturated carbocycles. The van der Waals surface area contributed by atoms with Gasteiger partial charge in [-0.2, -0.15) is 0 Å². The average molecular weight is 177 g/mol. The molecule has 0 saturated heterocycles. The molecule has 0 heterocycles. The lowest BCUT2D eigenvalue weighted by Gasteiger charge is -2.06. The highest BCUT2D eigenvalue weighted by Crippen LogP contribution is 2.23. The maximum absolute atomic E-state index is 10.5. The molecule has 0 spiro atoms. The Balaban J connectivity index is 3.18. The van der Waals surface area contributed by atoms with Crippen LogP contribution in [-0.2, 0) is 4.79 Å². The van der Waals surface area contributed by atoms with Gasteiger partial charge in [-0.1, -0.05) is 6.58 Å². The van der Waals surface area contributed by atoms with Crippen molar-refractivity contribution in [3.05, 3.63) is 30.3 Å². The van der Waals surface area contributed by atoms with Crippen molar-refractivity contribution in [1.29, 1.82) is 0 Å². The van der Waals surface area contributed by atoms with Crippen LogP contribution in [0.3, 0.4) is 0 Å². The molecule has 0 aromatic heterocycles. The molecule has 0 radical (unpaired) electrons. The zero-order valence-corrected chi connectivity index (χ0v) is 7.41. The number of hydrogen-bond acceptors (Lipinski definition) is 3. The van der Waals surface area contributed by atoms with Gasteiger partial charge in [-0.25, -0.2) is 0 Å². The number of aldehydes is 1. The minimum Gasteiger partial charge on any atom is -0.497 e. The minimum absolute atomic E-state index is 0.358. The number of allylic oxidation sites excluding steroid dienone is 1. The van der Waals surface area contributed by atoms with E-state index < -0.39 is 0 Å². The summed E-state index contributed by atoms with van der Waals surface area (Å²) in [5.41, 5.74) is 7.15. The smallest absolute Gasteiger partial charge is 0.150 e. The van der Waals surface area contributed by atoms with E-state index in [1.54, 1.807) is 25.3 Å². The lowest BCUT2D eigenvalue weighted by molar-refractivity contribution is -0.103. The van der Waals surface area contributed by atoms with E-state index in [4.69, 9.17) is 10.5 Å². The molecule has 0 fully saturated rings. The number of methoxy groups -OCH3 is 1. The molecule has 0 amide bonds. The summed E-state index contributed by atoms with van der Waals surface area (Å²) in [5, 5.41) is 0. The highest BCUT2D eigenvalue weighted by molar-refractivity contribution is 6.08. The molecule has 0 bridgehead atoms. The molecule has 3 nitrogen and oxygen atoms in total. The first kappa shape index (κ1) is 9.32. The second kappa shape index (κ2) is 3.76. The van der Waals surface area contributed by atoms with E-state index in [1.807, 2.05) is 0 Å². The van der Waals surface area contributed by atoms with Gasteiger partial charge in [0.05, 0.1) is 7.11 Å². The van der Waals surface area contributed by atoms with Gasteiger partial charge in [0.2, 0.25) is 0 Å². The molecule has 2 N–H and O–H groups in total. The van der Waals surface area contributed by atoms with Gasteiger partial charge in [-0.3, -0.25) is 4.79 Å². The van der Waals surface area contributed by atoms with Crippen molar-refractivity contribution < 1.29 is 9.53 Å². The van der Waals surface area contributed by atoms with Gasteiger partial charge in [-0.15, -0.1) is 0 Å². The van der Waals surface area contributed by atoms with Gasteiger partial charge < -0.3 is 10.5 Å². The number of anilines is 1. The average Bonchev–Trinajstić information content (AvgIpc) is 2.17. The summed E-state index contributed by atoms with van der Waals surface area (Å²) >= 11 is 0. The highest BCUT2D eigenvalue weighted by atomic mass is 16.5. The molecule has 13 heavy (non-hydrogen) atoms. The van der Waals surface area contributed by atoms with Crippen molar-refractivity contribution in [2.45, 2.75) is 0 Å². The van der Waals surface area contributed by atoms with Gasteiger partial charge in [-0.05, 0) is 18.2 Å². The maximum Gasteiger partial charge on any atom is 0.150 e. The third-order valence-corrected chi connectivity index (χ3v) is 1.75. The molecular weight excluding hydrogens is 166 g/mol. The third kappa shape index (κ3) is 1.87. The van der Waals surface area contributed by atoms with E-state index in [2.05, 4.69) is 6.58 Å². The zero-order valence-electron chi connectivity index (χ0n) is 7.41. The molecule has 0 aliphatic rings. The fraction of sp³-hybridized carbons (Fsp3) is 0.100. The standard InChI is InChI=1S/C10H11NO2/c1-7(6-12)9-5-8(13-2)3-4-10(9)11/h3-6H,1,11H2,2H3. The molecule has 0 atom stereocenters. The van der Waals surface area contributed by atoms with Crippen molar-refractivity contribution in [2.75, 3.05) is 12.8 Å². The summed E-state index contributed by atoms with van der Waals surface area (Å²) in [6, 6.07) is 5.10. The third-order valence-electron chi connectivity index (χ3n) is 1.75. The second-order valence-corrected chi connectivity index (χ2v) is 2.60. The number of nitrogen functional groups attached to an aromatic ring is 1. The Hall–Kier alpha value is -1.77. The Labute approximate surface area is 76.8 Å². The Bertz CT molecular complexity index is 345. The van der Waals surface area contributed by atoms with Gasteiger partial charge in [0, 0.05) is 16.8 Å². The molecular formula is C10H11NO2. The topological polar surface area (TPSA) is 52.3 Å². The van der Waals surface area contributed by atoms with Crippen LogP contribution in [0.4, 0.5) is 5.69 Å². The van der Waals surface area contributed by atoms with Crippen molar-refractivity contribution >= 4 is 17.5 Å². The van der Waals surface area contributed by atoms with Crippen molar-refractivity contribution in [3.63, 3.8) is 0 Å². The van der Waals surface area contributed by atoms with Gasteiger partial charge >= 0.3 is 0 Å². The Morgan fingerprint density at radius 2 is 2.31 bits per heavy atom. The number of benzene rings is 1. The molecule has 1 aromatic rings. The first-order chi connectivity index (χ1) is 6.19. The molecule has 0 aliphatic carbocycles. The van der Waals surface area contributed by atoms with Gasteiger partial charge in [0.25, 0.3) is 0 Å². The Morgan fingerprint density at radius 1 is 1.62 bits per heavy atom. The summed E-state index contributed by atoms with van der Waals surface area (Å²) in [6.07, 6.45) is 0.672. The fourth-order valence-electron chi connectivity index (χ4n) is 1.00. The van der Waals surface area contributed by atoms with Crippen molar-refractivity contribution in [1.82, 2.24) is 0 Å². The van der Waals surface area contributed by atoms with E-state index in [1.165, 1.54) is 0 Å². The fourth-order valence-corrected chi connectivity index (χ4v) is 1.00. The van der Waals surface area contributed by atoms with Crippen molar-refractivity contribution in [2.24, 2.45) is 0 Å². The van der Waals surface area contributed by atoms with Crippen molar-refractivity contribution in [3.8, 4) is 5.75 Å². The molecule has 0 aliphatic heterocycles. The summed E-state index contributed by atoms with van der Waals surface area (Å²) in [5.74, 6) is 0.659. The van der Waals surface area contributed by atoms with Gasteiger partial charge in [0.15, 0.2) is 0 Å². The van der Waals surface area contributed by atoms with Crippen LogP contribution in [0.2, 0.25) is 0 Å². The number of carbonyl (C=O) groups excluding carboxylic acids is 1. The number of ether oxygens (including phenoxy) is 1. The SMILES string of the molecule is C=C(C=O)c1cc(OC)ccc1N. The maximum atomic E-state index is 10.5. The molecule has 1 rings (SSSR count). The van der Waals surface area contributed by atoms with Gasteiger partial charge in [0.1, 0.15) is 12.0 Å². The van der Waals surface area contributed by atoms with E-state index >= 15 is 0 Å². The van der Waals surface area contributed by atoms with E-state index in [0.717, 1.165) is 0 Å². The minimum atomic E-state index is 0.358. The predicted molar refractivity (Wildman–Crippen MR) is 52.5 cm³/mol. The van der Waals surface area contributed by atoms with E-state index in [0.29, 0.717) is 28.9 Å². The van der Waals surface area contributed by atoms with Crippen LogP contribution in [0, 0.1) is 0 Å². The summed E-state index contributed by atoms with van der Waals surface area (Å²) < 4.78 is 4.99. The number of carbonyl (C=O) groups is 1.